The number of carbonyl (C=O) groups excluding carboxylic acids is 1. The van der Waals surface area contributed by atoms with Gasteiger partial charge in [-0.15, -0.1) is 0 Å². The number of rotatable bonds is 5. The van der Waals surface area contributed by atoms with Crippen molar-refractivity contribution in [2.24, 2.45) is 0 Å². The molecule has 3 aliphatic rings. The van der Waals surface area contributed by atoms with Crippen LogP contribution in [0.2, 0.25) is 0 Å². The molecule has 2 aromatic heterocycles. The number of hydrogen-bond acceptors (Lipinski definition) is 7. The smallest absolute Gasteiger partial charge is 0.273 e. The van der Waals surface area contributed by atoms with Crippen LogP contribution in [0.3, 0.4) is 0 Å². The number of anilines is 3. The van der Waals surface area contributed by atoms with Gasteiger partial charge in [0.05, 0.1) is 36.3 Å². The lowest BCUT2D eigenvalue weighted by molar-refractivity contribution is -0.0178. The van der Waals surface area contributed by atoms with E-state index in [1.54, 1.807) is 18.3 Å². The van der Waals surface area contributed by atoms with E-state index in [4.69, 9.17) is 14.2 Å². The summed E-state index contributed by atoms with van der Waals surface area (Å²) in [4.78, 5) is 20.6. The van der Waals surface area contributed by atoms with Crippen LogP contribution in [0.5, 0.6) is 11.5 Å². The van der Waals surface area contributed by atoms with E-state index in [-0.39, 0.29) is 18.2 Å². The predicted octanol–water partition coefficient (Wildman–Crippen LogP) is 3.85. The quantitative estimate of drug-likeness (QED) is 0.409. The predicted molar refractivity (Wildman–Crippen MR) is 129 cm³/mol. The Kier molecular flexibility index (Phi) is 5.63. The summed E-state index contributed by atoms with van der Waals surface area (Å²) in [5.74, 6) is -2.99. The Hall–Kier alpha value is -3.93. The Balaban J connectivity index is 1.44. The molecule has 5 heterocycles. The van der Waals surface area contributed by atoms with E-state index in [1.165, 1.54) is 19.2 Å². The molecule has 3 aromatic rings. The third kappa shape index (κ3) is 4.10. The monoisotopic (exact) mass is 515 g/mol. The summed E-state index contributed by atoms with van der Waals surface area (Å²) in [6, 6.07) is 6.15. The number of halogens is 3. The number of benzene rings is 1. The van der Waals surface area contributed by atoms with Gasteiger partial charge in [0.1, 0.15) is 18.8 Å². The molecule has 0 unspecified atom stereocenters. The molecule has 0 radical (unpaired) electrons. The number of H-pyrrole nitrogens is 1. The summed E-state index contributed by atoms with van der Waals surface area (Å²) in [5.41, 5.74) is 2.86. The van der Waals surface area contributed by atoms with Crippen molar-refractivity contribution in [3.05, 3.63) is 47.5 Å². The van der Waals surface area contributed by atoms with E-state index in [9.17, 15) is 18.0 Å². The maximum atomic E-state index is 14.4. The van der Waals surface area contributed by atoms with Crippen molar-refractivity contribution in [1.29, 1.82) is 0 Å². The van der Waals surface area contributed by atoms with E-state index in [0.717, 1.165) is 0 Å². The molecular weight excluding hydrogens is 491 g/mol. The number of amides is 1. The molecule has 0 bridgehead atoms. The van der Waals surface area contributed by atoms with Crippen LogP contribution < -0.4 is 25.4 Å². The second kappa shape index (κ2) is 8.87. The number of nitrogens with one attached hydrogen (secondary N) is 4. The van der Waals surface area contributed by atoms with Crippen molar-refractivity contribution in [3.8, 4) is 22.8 Å². The highest BCUT2D eigenvalue weighted by molar-refractivity contribution is 6.07. The standard InChI is InChI=1S/C25H24F3N5O4/c1-35-22-13(26)3-2-4-15(22)33-20-18-14(6-8-30-24(18)34)32-19(20)12-5-7-29-23-21(12)37-17(10-31-23)16-9-25(27,28)11-36-16/h2-5,7,16-17,32-33H,6,8-11H2,1H3,(H,29,31)(H,30,34)/t16-,17+/m0/s1. The molecule has 0 spiro atoms. The van der Waals surface area contributed by atoms with E-state index < -0.39 is 37.0 Å². The first-order chi connectivity index (χ1) is 17.8. The van der Waals surface area contributed by atoms with Crippen molar-refractivity contribution >= 4 is 23.1 Å². The minimum Gasteiger partial charge on any atom is -0.492 e. The Labute approximate surface area is 209 Å². The number of alkyl halides is 2. The summed E-state index contributed by atoms with van der Waals surface area (Å²) >= 11 is 0. The van der Waals surface area contributed by atoms with Gasteiger partial charge in [-0.1, -0.05) is 6.07 Å². The maximum absolute atomic E-state index is 14.4. The number of aromatic amines is 1. The van der Waals surface area contributed by atoms with Crippen LogP contribution in [0, 0.1) is 5.82 Å². The minimum atomic E-state index is -2.90. The molecule has 6 rings (SSSR count). The second-order valence-electron chi connectivity index (χ2n) is 9.16. The van der Waals surface area contributed by atoms with Crippen LogP contribution in [0.4, 0.5) is 30.4 Å². The molecule has 0 saturated carbocycles. The molecule has 37 heavy (non-hydrogen) atoms. The molecule has 1 aromatic carbocycles. The van der Waals surface area contributed by atoms with Crippen molar-refractivity contribution in [2.75, 3.05) is 37.4 Å². The lowest BCUT2D eigenvalue weighted by Crippen LogP contribution is -2.41. The molecule has 0 aliphatic carbocycles. The molecule has 3 aliphatic heterocycles. The largest absolute Gasteiger partial charge is 0.492 e. The van der Waals surface area contributed by atoms with E-state index in [0.29, 0.717) is 58.4 Å². The Morgan fingerprint density at radius 3 is 2.86 bits per heavy atom. The number of methoxy groups -OCH3 is 1. The summed E-state index contributed by atoms with van der Waals surface area (Å²) in [6.07, 6.45) is 0.234. The zero-order valence-corrected chi connectivity index (χ0v) is 19.8. The van der Waals surface area contributed by atoms with Crippen LogP contribution in [0.1, 0.15) is 22.5 Å². The topological polar surface area (TPSA) is 110 Å². The number of nitrogens with zero attached hydrogens (tertiary/aromatic N) is 1. The fourth-order valence-corrected chi connectivity index (χ4v) is 5.02. The molecule has 1 amide bonds. The van der Waals surface area contributed by atoms with Crippen molar-refractivity contribution < 1.29 is 32.2 Å². The fraction of sp³-hybridized carbons (Fsp3) is 0.360. The number of hydrogen-bond donors (Lipinski definition) is 4. The molecule has 1 saturated heterocycles. The van der Waals surface area contributed by atoms with Crippen molar-refractivity contribution in [1.82, 2.24) is 15.3 Å². The summed E-state index contributed by atoms with van der Waals surface area (Å²) < 4.78 is 58.8. The number of para-hydroxylation sites is 1. The van der Waals surface area contributed by atoms with E-state index in [2.05, 4.69) is 25.9 Å². The number of fused-ring (bicyclic) bond motifs is 2. The SMILES string of the molecule is COc1c(F)cccc1Nc1c(-c2ccnc3c2O[C@@H]([C@@H]2CC(F)(F)CO2)CN3)[nH]c2c1C(=O)NCC2. The normalized spacial score (nSPS) is 21.8. The maximum Gasteiger partial charge on any atom is 0.273 e. The van der Waals surface area contributed by atoms with Crippen LogP contribution >= 0.6 is 0 Å². The Morgan fingerprint density at radius 2 is 2.08 bits per heavy atom. The first-order valence-electron chi connectivity index (χ1n) is 11.9. The van der Waals surface area contributed by atoms with Crippen LogP contribution in [-0.2, 0) is 11.2 Å². The van der Waals surface area contributed by atoms with Gasteiger partial charge in [-0.3, -0.25) is 4.79 Å². The van der Waals surface area contributed by atoms with Gasteiger partial charge in [0, 0.05) is 36.8 Å². The average molecular weight is 515 g/mol. The zero-order valence-electron chi connectivity index (χ0n) is 19.8. The number of ether oxygens (including phenoxy) is 3. The van der Waals surface area contributed by atoms with Crippen LogP contribution in [0.15, 0.2) is 30.5 Å². The summed E-state index contributed by atoms with van der Waals surface area (Å²) in [6.45, 7) is 0.0576. The third-order valence-electron chi connectivity index (χ3n) is 6.73. The lowest BCUT2D eigenvalue weighted by Gasteiger charge is -2.31. The van der Waals surface area contributed by atoms with E-state index >= 15 is 0 Å². The highest BCUT2D eigenvalue weighted by Crippen LogP contribution is 2.45. The summed E-state index contributed by atoms with van der Waals surface area (Å²) in [7, 11) is 1.36. The highest BCUT2D eigenvalue weighted by atomic mass is 19.3. The van der Waals surface area contributed by atoms with Crippen LogP contribution in [0.25, 0.3) is 11.3 Å². The van der Waals surface area contributed by atoms with Crippen molar-refractivity contribution in [3.63, 3.8) is 0 Å². The second-order valence-corrected chi connectivity index (χ2v) is 9.16. The fourth-order valence-electron chi connectivity index (χ4n) is 5.02. The minimum absolute atomic E-state index is 0.00586. The zero-order chi connectivity index (χ0) is 25.7. The van der Waals surface area contributed by atoms with Gasteiger partial charge in [-0.2, -0.15) is 0 Å². The highest BCUT2D eigenvalue weighted by Gasteiger charge is 2.46. The lowest BCUT2D eigenvalue weighted by atomic mass is 10.0. The van der Waals surface area contributed by atoms with Gasteiger partial charge in [0.2, 0.25) is 0 Å². The first-order valence-corrected chi connectivity index (χ1v) is 11.9. The van der Waals surface area contributed by atoms with Crippen molar-refractivity contribution in [2.45, 2.75) is 31.0 Å². The molecule has 1 fully saturated rings. The Bertz CT molecular complexity index is 1380. The average Bonchev–Trinajstić information content (AvgIpc) is 3.44. The van der Waals surface area contributed by atoms with Gasteiger partial charge in [-0.05, 0) is 18.2 Å². The van der Waals surface area contributed by atoms with Crippen LogP contribution in [-0.4, -0.2) is 60.8 Å². The molecule has 9 nitrogen and oxygen atoms in total. The third-order valence-corrected chi connectivity index (χ3v) is 6.73. The number of pyridine rings is 1. The molecule has 2 atom stereocenters. The molecular formula is C25H24F3N5O4. The van der Waals surface area contributed by atoms with E-state index in [1.807, 2.05) is 0 Å². The number of carbonyl (C=O) groups is 1. The van der Waals surface area contributed by atoms with Gasteiger partial charge in [0.25, 0.3) is 11.8 Å². The first kappa shape index (κ1) is 23.5. The van der Waals surface area contributed by atoms with Gasteiger partial charge in [-0.25, -0.2) is 18.2 Å². The molecule has 194 valence electrons. The summed E-state index contributed by atoms with van der Waals surface area (Å²) in [5, 5.41) is 9.16. The van der Waals surface area contributed by atoms with Gasteiger partial charge < -0.3 is 35.1 Å². The Morgan fingerprint density at radius 1 is 1.22 bits per heavy atom. The molecule has 12 heteroatoms. The van der Waals surface area contributed by atoms with Gasteiger partial charge >= 0.3 is 0 Å². The molecule has 4 N–H and O–H groups in total. The van der Waals surface area contributed by atoms with Gasteiger partial charge in [0.15, 0.2) is 23.1 Å². The number of aromatic nitrogens is 2.